The molecule has 0 unspecified atom stereocenters. The first-order valence-electron chi connectivity index (χ1n) is 20.3. The number of nitrogens with one attached hydrogen (secondary N) is 2. The second kappa shape index (κ2) is 20.4. The van der Waals surface area contributed by atoms with Gasteiger partial charge in [0.25, 0.3) is 5.91 Å². The number of aliphatic hydroxyl groups is 2. The summed E-state index contributed by atoms with van der Waals surface area (Å²) in [6.07, 6.45) is 2.52. The lowest BCUT2D eigenvalue weighted by Gasteiger charge is -2.31. The predicted molar refractivity (Wildman–Crippen MR) is 226 cm³/mol. The Balaban J connectivity index is 1.19. The zero-order chi connectivity index (χ0) is 43.4. The maximum atomic E-state index is 14.0. The molecule has 0 radical (unpaired) electrons. The lowest BCUT2D eigenvalue weighted by molar-refractivity contribution is -0.157. The summed E-state index contributed by atoms with van der Waals surface area (Å²) in [5.41, 5.74) is 3.01. The van der Waals surface area contributed by atoms with Crippen molar-refractivity contribution in [2.24, 2.45) is 0 Å². The molecule has 0 spiro atoms. The molecule has 0 bridgehead atoms. The molecule has 0 aromatic heterocycles. The molecule has 1 heterocycles. The maximum absolute atomic E-state index is 14.0. The van der Waals surface area contributed by atoms with Crippen molar-refractivity contribution in [2.45, 2.75) is 82.3 Å². The molecule has 1 fully saturated rings. The molecule has 4 aromatic carbocycles. The van der Waals surface area contributed by atoms with Crippen molar-refractivity contribution in [3.05, 3.63) is 160 Å². The van der Waals surface area contributed by atoms with E-state index >= 15 is 0 Å². The van der Waals surface area contributed by atoms with Crippen molar-refractivity contribution in [2.75, 3.05) is 19.8 Å². The first kappa shape index (κ1) is 44.4. The highest BCUT2D eigenvalue weighted by Gasteiger charge is 2.55. The Labute approximate surface area is 355 Å². The Morgan fingerprint density at radius 1 is 0.852 bits per heavy atom. The number of fused-ring (bicyclic) bond motifs is 1. The fourth-order valence-electron chi connectivity index (χ4n) is 7.09. The molecule has 4 aromatic rings. The van der Waals surface area contributed by atoms with Crippen LogP contribution < -0.4 is 10.6 Å². The van der Waals surface area contributed by atoms with Crippen LogP contribution >= 0.6 is 0 Å². The first-order valence-corrected chi connectivity index (χ1v) is 20.3. The van der Waals surface area contributed by atoms with Gasteiger partial charge in [-0.05, 0) is 74.7 Å². The smallest absolute Gasteiger partial charge is 0.338 e. The number of hydrogen-bond donors (Lipinski definition) is 4. The van der Waals surface area contributed by atoms with Crippen molar-refractivity contribution in [1.82, 2.24) is 10.6 Å². The molecule has 2 amide bonds. The van der Waals surface area contributed by atoms with Gasteiger partial charge in [0, 0.05) is 41.6 Å². The average molecular weight is 833 g/mol. The third-order valence-corrected chi connectivity index (χ3v) is 9.94. The zero-order valence-corrected chi connectivity index (χ0v) is 34.5. The van der Waals surface area contributed by atoms with E-state index in [9.17, 15) is 24.3 Å². The Morgan fingerprint density at radius 3 is 2.21 bits per heavy atom. The molecular formula is C48H52N2O11. The molecule has 1 aliphatic carbocycles. The van der Waals surface area contributed by atoms with Gasteiger partial charge in [0.15, 0.2) is 0 Å². The number of rotatable bonds is 17. The van der Waals surface area contributed by atoms with Crippen molar-refractivity contribution < 1.29 is 53.1 Å². The molecule has 13 nitrogen and oxygen atoms in total. The van der Waals surface area contributed by atoms with Crippen LogP contribution in [0.4, 0.5) is 0 Å². The molecule has 4 atom stereocenters. The van der Waals surface area contributed by atoms with E-state index in [1.807, 2.05) is 60.7 Å². The number of hydrogen-bond acceptors (Lipinski definition) is 11. The summed E-state index contributed by atoms with van der Waals surface area (Å²) in [7, 11) is 0. The Kier molecular flexibility index (Phi) is 14.9. The third-order valence-electron chi connectivity index (χ3n) is 9.94. The minimum Gasteiger partial charge on any atom is -0.499 e. The maximum Gasteiger partial charge on any atom is 0.338 e. The molecule has 13 heteroatoms. The normalized spacial score (nSPS) is 18.6. The van der Waals surface area contributed by atoms with Crippen molar-refractivity contribution in [1.29, 1.82) is 0 Å². The molecule has 1 aliphatic heterocycles. The van der Waals surface area contributed by atoms with Crippen LogP contribution in [0.15, 0.2) is 127 Å². The highest BCUT2D eigenvalue weighted by Crippen LogP contribution is 2.47. The monoisotopic (exact) mass is 832 g/mol. The third kappa shape index (κ3) is 11.8. The summed E-state index contributed by atoms with van der Waals surface area (Å²) in [4.78, 5) is 53.2. The van der Waals surface area contributed by atoms with E-state index in [0.717, 1.165) is 11.1 Å². The average Bonchev–Trinajstić information content (AvgIpc) is 3.67. The van der Waals surface area contributed by atoms with Gasteiger partial charge in [0.1, 0.15) is 30.5 Å². The second-order valence-electron chi connectivity index (χ2n) is 15.7. The molecule has 6 rings (SSSR count). The van der Waals surface area contributed by atoms with Crippen LogP contribution in [0.2, 0.25) is 0 Å². The molecule has 320 valence electrons. The van der Waals surface area contributed by atoms with Gasteiger partial charge in [-0.2, -0.15) is 0 Å². The number of carbonyl (C=O) groups is 4. The van der Waals surface area contributed by atoms with Crippen molar-refractivity contribution >= 4 is 29.8 Å². The first-order chi connectivity index (χ1) is 29.4. The minimum atomic E-state index is -1.38. The Bertz CT molecular complexity index is 2160. The fraction of sp³-hybridized carbons (Fsp3) is 0.333. The largest absolute Gasteiger partial charge is 0.499 e. The van der Waals surface area contributed by atoms with E-state index in [1.165, 1.54) is 6.26 Å². The summed E-state index contributed by atoms with van der Waals surface area (Å²) < 4.78 is 30.4. The molecule has 1 saturated heterocycles. The quantitative estimate of drug-likeness (QED) is 0.0580. The molecule has 2 aliphatic rings. The molecule has 0 saturated carbocycles. The van der Waals surface area contributed by atoms with E-state index in [2.05, 4.69) is 10.6 Å². The minimum absolute atomic E-state index is 0.0185. The summed E-state index contributed by atoms with van der Waals surface area (Å²) in [5, 5.41) is 24.6. The van der Waals surface area contributed by atoms with E-state index in [0.29, 0.717) is 22.3 Å². The summed E-state index contributed by atoms with van der Waals surface area (Å²) in [6.45, 7) is 5.01. The van der Waals surface area contributed by atoms with Gasteiger partial charge >= 0.3 is 11.9 Å². The number of esters is 2. The van der Waals surface area contributed by atoms with Gasteiger partial charge in [0.05, 0.1) is 31.1 Å². The lowest BCUT2D eigenvalue weighted by atomic mass is 9.91. The van der Waals surface area contributed by atoms with Crippen LogP contribution in [-0.4, -0.2) is 83.7 Å². The van der Waals surface area contributed by atoms with Gasteiger partial charge in [-0.25, -0.2) is 4.79 Å². The number of carbonyl (C=O) groups excluding carboxylic acids is 4. The molecular weight excluding hydrogens is 781 g/mol. The second-order valence-corrected chi connectivity index (χ2v) is 15.7. The van der Waals surface area contributed by atoms with Crippen molar-refractivity contribution in [3.63, 3.8) is 0 Å². The van der Waals surface area contributed by atoms with Crippen LogP contribution in [0.5, 0.6) is 0 Å². The lowest BCUT2D eigenvalue weighted by Crippen LogP contribution is -2.43. The van der Waals surface area contributed by atoms with Crippen LogP contribution in [0.25, 0.3) is 6.08 Å². The summed E-state index contributed by atoms with van der Waals surface area (Å²) in [5.74, 6) is -3.30. The van der Waals surface area contributed by atoms with E-state index in [4.69, 9.17) is 28.8 Å². The van der Waals surface area contributed by atoms with Crippen molar-refractivity contribution in [3.8, 4) is 0 Å². The number of amides is 2. The Morgan fingerprint density at radius 2 is 1.54 bits per heavy atom. The van der Waals surface area contributed by atoms with Gasteiger partial charge in [-0.15, -0.1) is 0 Å². The number of aliphatic hydroxyl groups excluding tert-OH is 2. The van der Waals surface area contributed by atoms with Crippen LogP contribution in [-0.2, 0) is 45.6 Å². The van der Waals surface area contributed by atoms with Crippen LogP contribution in [0, 0.1) is 0 Å². The highest BCUT2D eigenvalue weighted by atomic mass is 16.8. The predicted octanol–water partition coefficient (Wildman–Crippen LogP) is 5.74. The van der Waals surface area contributed by atoms with Crippen LogP contribution in [0.3, 0.4) is 0 Å². The molecule has 4 N–H and O–H groups in total. The highest BCUT2D eigenvalue weighted by molar-refractivity contribution is 5.95. The van der Waals surface area contributed by atoms with Crippen LogP contribution in [0.1, 0.15) is 83.0 Å². The van der Waals surface area contributed by atoms with Gasteiger partial charge in [-0.1, -0.05) is 84.9 Å². The fourth-order valence-corrected chi connectivity index (χ4v) is 7.09. The van der Waals surface area contributed by atoms with Gasteiger partial charge in [0.2, 0.25) is 11.7 Å². The molecule has 61 heavy (non-hydrogen) atoms. The zero-order valence-electron chi connectivity index (χ0n) is 34.5. The van der Waals surface area contributed by atoms with E-state index in [-0.39, 0.29) is 51.2 Å². The summed E-state index contributed by atoms with van der Waals surface area (Å²) >= 11 is 0. The standard InChI is InChI=1S/C48H52N2O11/c1-47(2,3)60-42(53)21-20-39(31-52)50-45(55)34-14-11-13-33(27-34)30-49-44(54)36-28-40(58-46(56)35-15-10-12-32(26-35)22-24-57-25-23-51)43-41(29-36)59-48(61-43,37-16-6-4-7-17-37)38-18-8-5-9-19-38/h4-19,22,24,26-27,29,39-41,43,51-52H,20-21,23,25,28,30-31H2,1-3H3,(H,49,54)(H,50,55)/t39-,40+,41+,43-/m0/s1. The van der Waals surface area contributed by atoms with E-state index < -0.39 is 59.5 Å². The van der Waals surface area contributed by atoms with E-state index in [1.54, 1.807) is 81.5 Å². The topological polar surface area (TPSA) is 179 Å². The SMILES string of the molecule is CC(C)(C)OC(=O)CC[C@@H](CO)NC(=O)c1cccc(CNC(=O)C2=C[C@H]3OC(c4ccccc4)(c4ccccc4)O[C@H]3[C@H](OC(=O)c3cccc(C=COCCO)c3)C2)c1. The van der Waals surface area contributed by atoms with Gasteiger partial charge in [-0.3, -0.25) is 14.4 Å². The number of ether oxygens (including phenoxy) is 5. The number of benzene rings is 4. The van der Waals surface area contributed by atoms with Gasteiger partial charge < -0.3 is 44.5 Å². The summed E-state index contributed by atoms with van der Waals surface area (Å²) in [6, 6.07) is 31.7. The Hall–Kier alpha value is -6.12.